The summed E-state index contributed by atoms with van der Waals surface area (Å²) in [5.41, 5.74) is 7.60. The number of benzene rings is 1. The molecule has 1 atom stereocenters. The summed E-state index contributed by atoms with van der Waals surface area (Å²) < 4.78 is 0. The maximum atomic E-state index is 9.47. The molecule has 0 aromatic heterocycles. The monoisotopic (exact) mass is 230 g/mol. The Morgan fingerprint density at radius 2 is 2.35 bits per heavy atom. The van der Waals surface area contributed by atoms with Crippen molar-refractivity contribution >= 4 is 0 Å². The van der Waals surface area contributed by atoms with Crippen LogP contribution in [0.15, 0.2) is 24.3 Å². The average molecular weight is 230 g/mol. The van der Waals surface area contributed by atoms with Crippen LogP contribution in [0.5, 0.6) is 0 Å². The minimum absolute atomic E-state index is 0.157. The van der Waals surface area contributed by atoms with Crippen LogP contribution in [0.1, 0.15) is 17.5 Å². The highest BCUT2D eigenvalue weighted by molar-refractivity contribution is 5.37. The molecule has 0 spiro atoms. The van der Waals surface area contributed by atoms with Crippen molar-refractivity contribution in [2.45, 2.75) is 19.1 Å². The molecule has 0 saturated carbocycles. The summed E-state index contributed by atoms with van der Waals surface area (Å²) in [6.07, 6.45) is 0.724. The van der Waals surface area contributed by atoms with Crippen LogP contribution in [0.2, 0.25) is 0 Å². The third kappa shape index (κ3) is 3.57. The molecule has 1 aliphatic rings. The molecule has 90 valence electrons. The van der Waals surface area contributed by atoms with Gasteiger partial charge in [0, 0.05) is 25.2 Å². The molecule has 0 amide bonds. The van der Waals surface area contributed by atoms with E-state index in [-0.39, 0.29) is 6.10 Å². The first-order chi connectivity index (χ1) is 8.28. The zero-order valence-electron chi connectivity index (χ0n) is 9.89. The lowest BCUT2D eigenvalue weighted by atomic mass is 10.1. The van der Waals surface area contributed by atoms with Crippen molar-refractivity contribution in [1.82, 2.24) is 4.90 Å². The van der Waals surface area contributed by atoms with Crippen LogP contribution < -0.4 is 5.73 Å². The Kier molecular flexibility index (Phi) is 4.16. The van der Waals surface area contributed by atoms with Gasteiger partial charge in [-0.15, -0.1) is 0 Å². The van der Waals surface area contributed by atoms with E-state index in [1.165, 1.54) is 5.56 Å². The lowest BCUT2D eigenvalue weighted by molar-refractivity contribution is 0.175. The molecule has 1 aromatic rings. The van der Waals surface area contributed by atoms with Crippen LogP contribution in [-0.4, -0.2) is 35.7 Å². The van der Waals surface area contributed by atoms with Crippen molar-refractivity contribution in [1.29, 1.82) is 0 Å². The normalized spacial score (nSPS) is 20.0. The predicted molar refractivity (Wildman–Crippen MR) is 68.3 cm³/mol. The van der Waals surface area contributed by atoms with Gasteiger partial charge in [0.15, 0.2) is 0 Å². The van der Waals surface area contributed by atoms with E-state index < -0.39 is 0 Å². The average Bonchev–Trinajstić information content (AvgIpc) is 2.73. The van der Waals surface area contributed by atoms with Crippen LogP contribution in [-0.2, 0) is 6.54 Å². The number of aliphatic hydroxyl groups excluding tert-OH is 1. The second-order valence-electron chi connectivity index (χ2n) is 4.38. The van der Waals surface area contributed by atoms with Gasteiger partial charge in [0.05, 0.1) is 12.6 Å². The molecule has 0 aliphatic carbocycles. The molecule has 3 heteroatoms. The van der Waals surface area contributed by atoms with Gasteiger partial charge in [-0.3, -0.25) is 4.90 Å². The van der Waals surface area contributed by atoms with E-state index in [0.717, 1.165) is 31.6 Å². The van der Waals surface area contributed by atoms with E-state index in [2.05, 4.69) is 28.9 Å². The number of nitrogens with zero attached hydrogens (tertiary/aromatic N) is 1. The fraction of sp³-hybridized carbons (Fsp3) is 0.429. The molecule has 1 heterocycles. The molecule has 1 aliphatic heterocycles. The zero-order valence-corrected chi connectivity index (χ0v) is 9.89. The van der Waals surface area contributed by atoms with Gasteiger partial charge in [0.2, 0.25) is 0 Å². The smallest absolute Gasteiger partial charge is 0.0679 e. The van der Waals surface area contributed by atoms with Gasteiger partial charge in [0.1, 0.15) is 0 Å². The fourth-order valence-corrected chi connectivity index (χ4v) is 2.11. The lowest BCUT2D eigenvalue weighted by Crippen LogP contribution is -2.21. The molecule has 1 fully saturated rings. The van der Waals surface area contributed by atoms with Gasteiger partial charge in [-0.05, 0) is 24.1 Å². The van der Waals surface area contributed by atoms with Gasteiger partial charge < -0.3 is 10.8 Å². The number of nitrogens with two attached hydrogens (primary N) is 1. The van der Waals surface area contributed by atoms with Crippen LogP contribution >= 0.6 is 0 Å². The zero-order chi connectivity index (χ0) is 12.1. The highest BCUT2D eigenvalue weighted by Crippen LogP contribution is 2.14. The first-order valence-corrected chi connectivity index (χ1v) is 5.96. The standard InChI is InChI=1S/C14H18N2O/c15-7-2-5-12-3-1-4-13(9-12)10-16-8-6-14(17)11-16/h1,3-4,9,14,17H,6-8,10-11,15H2. The molecular weight excluding hydrogens is 212 g/mol. The molecule has 0 radical (unpaired) electrons. The van der Waals surface area contributed by atoms with Crippen LogP contribution in [0.25, 0.3) is 0 Å². The van der Waals surface area contributed by atoms with Gasteiger partial charge in [-0.25, -0.2) is 0 Å². The van der Waals surface area contributed by atoms with E-state index in [1.807, 2.05) is 12.1 Å². The van der Waals surface area contributed by atoms with Crippen LogP contribution in [0.4, 0.5) is 0 Å². The summed E-state index contributed by atoms with van der Waals surface area (Å²) in [6, 6.07) is 8.19. The van der Waals surface area contributed by atoms with Crippen molar-refractivity contribution in [3.05, 3.63) is 35.4 Å². The number of aliphatic hydroxyl groups is 1. The first-order valence-electron chi connectivity index (χ1n) is 5.96. The Morgan fingerprint density at radius 3 is 3.06 bits per heavy atom. The largest absolute Gasteiger partial charge is 0.392 e. The molecule has 1 aromatic carbocycles. The molecule has 1 unspecified atom stereocenters. The van der Waals surface area contributed by atoms with Gasteiger partial charge in [0.25, 0.3) is 0 Å². The van der Waals surface area contributed by atoms with Crippen LogP contribution in [0.3, 0.4) is 0 Å². The summed E-state index contributed by atoms with van der Waals surface area (Å²) in [6.45, 7) is 3.02. The molecule has 17 heavy (non-hydrogen) atoms. The van der Waals surface area contributed by atoms with Crippen molar-refractivity contribution in [2.75, 3.05) is 19.6 Å². The maximum Gasteiger partial charge on any atom is 0.0679 e. The molecule has 3 N–H and O–H groups in total. The summed E-state index contributed by atoms with van der Waals surface area (Å²) in [5, 5.41) is 9.47. The van der Waals surface area contributed by atoms with E-state index in [9.17, 15) is 5.11 Å². The number of hydrogen-bond acceptors (Lipinski definition) is 3. The van der Waals surface area contributed by atoms with Crippen molar-refractivity contribution in [3.63, 3.8) is 0 Å². The predicted octanol–water partition coefficient (Wildman–Crippen LogP) is 0.563. The number of likely N-dealkylation sites (tertiary alicyclic amines) is 1. The third-order valence-electron chi connectivity index (χ3n) is 2.92. The Bertz CT molecular complexity index is 433. The number of rotatable bonds is 2. The van der Waals surface area contributed by atoms with E-state index >= 15 is 0 Å². The minimum Gasteiger partial charge on any atom is -0.392 e. The Labute approximate surface area is 102 Å². The Balaban J connectivity index is 2.01. The SMILES string of the molecule is NCC#Cc1cccc(CN2CCC(O)C2)c1. The Morgan fingerprint density at radius 1 is 1.47 bits per heavy atom. The highest BCUT2D eigenvalue weighted by atomic mass is 16.3. The highest BCUT2D eigenvalue weighted by Gasteiger charge is 2.19. The third-order valence-corrected chi connectivity index (χ3v) is 2.92. The molecule has 0 bridgehead atoms. The van der Waals surface area contributed by atoms with Gasteiger partial charge >= 0.3 is 0 Å². The molecule has 1 saturated heterocycles. The topological polar surface area (TPSA) is 49.5 Å². The molecular formula is C14H18N2O. The summed E-state index contributed by atoms with van der Waals surface area (Å²) in [4.78, 5) is 2.26. The number of hydrogen-bond donors (Lipinski definition) is 2. The summed E-state index contributed by atoms with van der Waals surface area (Å²) in [5.74, 6) is 5.89. The Hall–Kier alpha value is -1.34. The summed E-state index contributed by atoms with van der Waals surface area (Å²) in [7, 11) is 0. The van der Waals surface area contributed by atoms with E-state index in [1.54, 1.807) is 0 Å². The molecule has 3 nitrogen and oxygen atoms in total. The first kappa shape index (κ1) is 12.1. The fourth-order valence-electron chi connectivity index (χ4n) is 2.11. The van der Waals surface area contributed by atoms with Gasteiger partial charge in [-0.2, -0.15) is 0 Å². The van der Waals surface area contributed by atoms with Crippen molar-refractivity contribution < 1.29 is 5.11 Å². The second-order valence-corrected chi connectivity index (χ2v) is 4.38. The molecule has 2 rings (SSSR count). The van der Waals surface area contributed by atoms with E-state index in [4.69, 9.17) is 5.73 Å². The summed E-state index contributed by atoms with van der Waals surface area (Å²) >= 11 is 0. The van der Waals surface area contributed by atoms with Crippen molar-refractivity contribution in [2.24, 2.45) is 5.73 Å². The second kappa shape index (κ2) is 5.83. The maximum absolute atomic E-state index is 9.47. The van der Waals surface area contributed by atoms with Gasteiger partial charge in [-0.1, -0.05) is 24.0 Å². The number of β-amino-alcohol motifs (C(OH)–C–C–N with tert-alkyl or cyclic N) is 1. The quantitative estimate of drug-likeness (QED) is 0.730. The van der Waals surface area contributed by atoms with E-state index in [0.29, 0.717) is 6.54 Å². The van der Waals surface area contributed by atoms with Crippen molar-refractivity contribution in [3.8, 4) is 11.8 Å². The minimum atomic E-state index is -0.157. The lowest BCUT2D eigenvalue weighted by Gasteiger charge is -2.14. The van der Waals surface area contributed by atoms with Crippen LogP contribution in [0, 0.1) is 11.8 Å².